The Hall–Kier alpha value is -2.71. The van der Waals surface area contributed by atoms with Crippen molar-refractivity contribution in [2.24, 2.45) is 22.7 Å². The van der Waals surface area contributed by atoms with Crippen molar-refractivity contribution in [3.05, 3.63) is 47.5 Å². The largest absolute Gasteiger partial charge is 0.386 e. The summed E-state index contributed by atoms with van der Waals surface area (Å²) >= 11 is 1.51. The highest BCUT2D eigenvalue weighted by molar-refractivity contribution is 7.99. The monoisotopic (exact) mass is 501 g/mol. The van der Waals surface area contributed by atoms with Crippen molar-refractivity contribution in [2.75, 3.05) is 29.9 Å². The van der Waals surface area contributed by atoms with Gasteiger partial charge >= 0.3 is 0 Å². The summed E-state index contributed by atoms with van der Waals surface area (Å²) in [6.45, 7) is 2.02. The highest BCUT2D eigenvalue weighted by Crippen LogP contribution is 2.46. The number of aliphatic imine (C=N–C) groups is 1. The zero-order chi connectivity index (χ0) is 24.3. The molecule has 5 aliphatic rings. The molecule has 7 rings (SSSR count). The third kappa shape index (κ3) is 4.81. The fourth-order valence-corrected chi connectivity index (χ4v) is 5.99. The van der Waals surface area contributed by atoms with Crippen LogP contribution in [0.2, 0.25) is 0 Å². The number of anilines is 2. The second-order valence-electron chi connectivity index (χ2n) is 11.1. The van der Waals surface area contributed by atoms with Crippen molar-refractivity contribution in [1.29, 1.82) is 0 Å². The SMILES string of the molecule is O=C(Cc1ccc(Sc2nc(NC3=NCC(C4CC4)=C3)cc(N3CC(O)(C4CC4)C3)n2)cc1)C1CC1. The van der Waals surface area contributed by atoms with Crippen LogP contribution in [0, 0.1) is 17.8 Å². The highest BCUT2D eigenvalue weighted by Gasteiger charge is 2.52. The van der Waals surface area contributed by atoms with E-state index < -0.39 is 5.60 Å². The molecule has 4 fully saturated rings. The maximum absolute atomic E-state index is 12.1. The number of aliphatic hydroxyl groups is 1. The number of aromatic nitrogens is 2. The van der Waals surface area contributed by atoms with Gasteiger partial charge in [-0.1, -0.05) is 12.1 Å². The molecule has 0 unspecified atom stereocenters. The van der Waals surface area contributed by atoms with Crippen LogP contribution in [0.25, 0.3) is 0 Å². The smallest absolute Gasteiger partial charge is 0.196 e. The van der Waals surface area contributed by atoms with Crippen LogP contribution in [0.4, 0.5) is 11.6 Å². The van der Waals surface area contributed by atoms with Gasteiger partial charge in [0.25, 0.3) is 0 Å². The number of hydrogen-bond acceptors (Lipinski definition) is 8. The van der Waals surface area contributed by atoms with E-state index >= 15 is 0 Å². The molecule has 3 heterocycles. The number of ketones is 1. The van der Waals surface area contributed by atoms with Gasteiger partial charge in [0.2, 0.25) is 0 Å². The normalized spacial score (nSPS) is 22.6. The Morgan fingerprint density at radius 1 is 1.08 bits per heavy atom. The van der Waals surface area contributed by atoms with Crippen molar-refractivity contribution in [1.82, 2.24) is 9.97 Å². The molecule has 2 aromatic rings. The van der Waals surface area contributed by atoms with Gasteiger partial charge in [-0.2, -0.15) is 0 Å². The average Bonchev–Trinajstić information content (AvgIpc) is 3.71. The Balaban J connectivity index is 1.09. The molecule has 1 aromatic carbocycles. The molecule has 0 amide bonds. The summed E-state index contributed by atoms with van der Waals surface area (Å²) in [5, 5.41) is 14.9. The third-order valence-electron chi connectivity index (χ3n) is 7.94. The van der Waals surface area contributed by atoms with Gasteiger partial charge in [-0.05, 0) is 91.5 Å². The van der Waals surface area contributed by atoms with Crippen molar-refractivity contribution >= 4 is 35.0 Å². The Morgan fingerprint density at radius 3 is 2.56 bits per heavy atom. The average molecular weight is 502 g/mol. The number of Topliss-reactive ketones (excluding diaryl/α,β-unsaturated/α-hetero) is 1. The van der Waals surface area contributed by atoms with Crippen LogP contribution in [-0.4, -0.2) is 51.9 Å². The minimum atomic E-state index is -0.572. The van der Waals surface area contributed by atoms with Crippen LogP contribution in [0.5, 0.6) is 0 Å². The molecule has 0 spiro atoms. The van der Waals surface area contributed by atoms with Gasteiger partial charge in [0.05, 0.1) is 19.6 Å². The van der Waals surface area contributed by atoms with Crippen molar-refractivity contribution in [3.8, 4) is 0 Å². The molecule has 0 bridgehead atoms. The molecule has 36 heavy (non-hydrogen) atoms. The Kier molecular flexibility index (Phi) is 5.43. The Labute approximate surface area is 215 Å². The molecule has 1 aromatic heterocycles. The van der Waals surface area contributed by atoms with Crippen LogP contribution in [0.3, 0.4) is 0 Å². The number of nitrogens with zero attached hydrogens (tertiary/aromatic N) is 4. The standard InChI is InChI=1S/C28H31N5O2S/c34-23(19-5-6-19)11-17-1-9-22(10-2-17)36-27-31-25(30-24-12-20(14-29-24)18-3-4-18)13-26(32-27)33-15-28(35,16-33)21-7-8-21/h1-2,9-10,12-13,18-19,21,35H,3-8,11,14-16H2,(H,29,30,31,32). The highest BCUT2D eigenvalue weighted by atomic mass is 32.2. The lowest BCUT2D eigenvalue weighted by Gasteiger charge is -2.47. The number of carbonyl (C=O) groups excluding carboxylic acids is 1. The minimum absolute atomic E-state index is 0.292. The Morgan fingerprint density at radius 2 is 1.86 bits per heavy atom. The van der Waals surface area contributed by atoms with Crippen molar-refractivity contribution < 1.29 is 9.90 Å². The summed E-state index contributed by atoms with van der Waals surface area (Å²) in [6, 6.07) is 10.1. The fourth-order valence-electron chi connectivity index (χ4n) is 5.22. The molecule has 7 nitrogen and oxygen atoms in total. The lowest BCUT2D eigenvalue weighted by molar-refractivity contribution is -0.119. The first-order valence-electron chi connectivity index (χ1n) is 13.2. The molecular weight excluding hydrogens is 470 g/mol. The maximum Gasteiger partial charge on any atom is 0.196 e. The number of β-amino-alcohol motifs (C(OH)–C–C–N with tert-alkyl or cyclic N) is 1. The molecule has 2 N–H and O–H groups in total. The van der Waals surface area contributed by atoms with E-state index in [0.717, 1.165) is 60.2 Å². The van der Waals surface area contributed by atoms with E-state index in [0.29, 0.717) is 48.2 Å². The van der Waals surface area contributed by atoms with Crippen LogP contribution in [0.15, 0.2) is 57.0 Å². The van der Waals surface area contributed by atoms with Crippen LogP contribution in [0.1, 0.15) is 44.1 Å². The molecule has 0 atom stereocenters. The zero-order valence-electron chi connectivity index (χ0n) is 20.3. The Bertz CT molecular complexity index is 1260. The topological polar surface area (TPSA) is 90.7 Å². The van der Waals surface area contributed by atoms with E-state index in [9.17, 15) is 9.90 Å². The molecule has 186 valence electrons. The number of nitrogens with one attached hydrogen (secondary N) is 1. The summed E-state index contributed by atoms with van der Waals surface area (Å²) < 4.78 is 0. The van der Waals surface area contributed by atoms with Crippen LogP contribution in [-0.2, 0) is 11.2 Å². The number of hydrogen-bond donors (Lipinski definition) is 2. The molecule has 1 saturated heterocycles. The van der Waals surface area contributed by atoms with Crippen LogP contribution < -0.4 is 10.2 Å². The first kappa shape index (κ1) is 22.5. The van der Waals surface area contributed by atoms with Crippen molar-refractivity contribution in [3.63, 3.8) is 0 Å². The van der Waals surface area contributed by atoms with Gasteiger partial charge in [0.15, 0.2) is 5.16 Å². The van der Waals surface area contributed by atoms with Crippen molar-refractivity contribution in [2.45, 2.75) is 60.6 Å². The third-order valence-corrected chi connectivity index (χ3v) is 8.81. The fraction of sp³-hybridized carbons (Fsp3) is 0.500. The first-order valence-corrected chi connectivity index (χ1v) is 14.0. The molecule has 3 saturated carbocycles. The van der Waals surface area contributed by atoms with Gasteiger partial charge in [0.1, 0.15) is 28.9 Å². The number of amidine groups is 1. The molecule has 8 heteroatoms. The van der Waals surface area contributed by atoms with Gasteiger partial charge in [-0.3, -0.25) is 9.79 Å². The summed E-state index contributed by atoms with van der Waals surface area (Å²) in [7, 11) is 0. The summed E-state index contributed by atoms with van der Waals surface area (Å²) in [5.41, 5.74) is 1.90. The number of carbonyl (C=O) groups is 1. The summed E-state index contributed by atoms with van der Waals surface area (Å²) in [5.74, 6) is 4.21. The second-order valence-corrected chi connectivity index (χ2v) is 12.2. The van der Waals surface area contributed by atoms with Crippen LogP contribution >= 0.6 is 11.8 Å². The quantitative estimate of drug-likeness (QED) is 0.496. The van der Waals surface area contributed by atoms with E-state index in [1.54, 1.807) is 0 Å². The van der Waals surface area contributed by atoms with E-state index in [2.05, 4.69) is 21.3 Å². The van der Waals surface area contributed by atoms with Gasteiger partial charge in [-0.15, -0.1) is 0 Å². The van der Waals surface area contributed by atoms with E-state index in [1.807, 2.05) is 30.3 Å². The van der Waals surface area contributed by atoms with Gasteiger partial charge < -0.3 is 15.3 Å². The maximum atomic E-state index is 12.1. The van der Waals surface area contributed by atoms with E-state index in [1.165, 1.54) is 30.2 Å². The van der Waals surface area contributed by atoms with Gasteiger partial charge in [-0.25, -0.2) is 9.97 Å². The predicted molar refractivity (Wildman–Crippen MR) is 141 cm³/mol. The zero-order valence-corrected chi connectivity index (χ0v) is 21.1. The number of rotatable bonds is 9. The lowest BCUT2D eigenvalue weighted by Crippen LogP contribution is -2.63. The van der Waals surface area contributed by atoms with Gasteiger partial charge in [0, 0.05) is 23.3 Å². The summed E-state index contributed by atoms with van der Waals surface area (Å²) in [6.07, 6.45) is 9.60. The predicted octanol–water partition coefficient (Wildman–Crippen LogP) is 4.27. The number of benzene rings is 1. The second kappa shape index (κ2) is 8.70. The first-order chi connectivity index (χ1) is 17.5. The molecule has 0 radical (unpaired) electrons. The van der Waals surface area contributed by atoms with E-state index in [4.69, 9.17) is 9.97 Å². The minimum Gasteiger partial charge on any atom is -0.386 e. The lowest BCUT2D eigenvalue weighted by atomic mass is 9.89. The summed E-state index contributed by atoms with van der Waals surface area (Å²) in [4.78, 5) is 29.6. The molecule has 2 aliphatic heterocycles. The molecule has 3 aliphatic carbocycles. The molecular formula is C28H31N5O2S. The van der Waals surface area contributed by atoms with E-state index in [-0.39, 0.29) is 0 Å².